The molecule has 0 fully saturated rings. The van der Waals surface area contributed by atoms with Crippen molar-refractivity contribution in [2.45, 2.75) is 41.5 Å². The van der Waals surface area contributed by atoms with Gasteiger partial charge in [0.15, 0.2) is 0 Å². The number of rotatable bonds is 16. The predicted molar refractivity (Wildman–Crippen MR) is 564 cm³/mol. The molecule has 0 bridgehead atoms. The van der Waals surface area contributed by atoms with Gasteiger partial charge < -0.3 is 19.3 Å². The highest BCUT2D eigenvalue weighted by molar-refractivity contribution is 6.97. The molecule has 0 radical (unpaired) electrons. The number of aryl methyl sites for hydroxylation is 6. The maximum absolute atomic E-state index is 6.89. The molecule has 0 saturated carbocycles. The first-order valence-electron chi connectivity index (χ1n) is 45.9. The van der Waals surface area contributed by atoms with Crippen LogP contribution in [-0.2, 0) is 0 Å². The second kappa shape index (κ2) is 33.7. The van der Waals surface area contributed by atoms with Gasteiger partial charge in [-0.2, -0.15) is 0 Å². The summed E-state index contributed by atoms with van der Waals surface area (Å²) in [5, 5.41) is 14.6. The van der Waals surface area contributed by atoms with Crippen molar-refractivity contribution in [1.82, 2.24) is 0 Å². The highest BCUT2D eigenvalue weighted by Crippen LogP contribution is 2.54. The van der Waals surface area contributed by atoms with Crippen LogP contribution in [0, 0.1) is 41.5 Å². The topological polar surface area (TPSA) is 24.9 Å². The van der Waals surface area contributed by atoms with Crippen LogP contribution in [0.3, 0.4) is 0 Å². The number of para-hydroxylation sites is 4. The monoisotopic (exact) mass is 1690 g/mol. The van der Waals surface area contributed by atoms with E-state index in [0.29, 0.717) is 0 Å². The third-order valence-corrected chi connectivity index (χ3v) is 27.3. The first-order chi connectivity index (χ1) is 64.9. The van der Waals surface area contributed by atoms with Gasteiger partial charge in [-0.15, -0.1) is 0 Å². The molecule has 22 aromatic carbocycles. The molecule has 0 spiro atoms. The van der Waals surface area contributed by atoms with Crippen molar-refractivity contribution in [3.8, 4) is 89.8 Å². The van der Waals surface area contributed by atoms with Crippen LogP contribution in [0.2, 0.25) is 0 Å². The molecule has 2 aliphatic rings. The minimum absolute atomic E-state index is 0.121. The zero-order chi connectivity index (χ0) is 88.6. The summed E-state index contributed by atoms with van der Waals surface area (Å²) >= 11 is 0. The van der Waals surface area contributed by atoms with E-state index in [4.69, 9.17) is 9.47 Å². The van der Waals surface area contributed by atoms with E-state index in [9.17, 15) is 0 Å². The fraction of sp³-hybridized carbons (Fsp3) is 0.0476. The lowest BCUT2D eigenvalue weighted by atomic mass is 9.34. The largest absolute Gasteiger partial charge is 0.456 e. The van der Waals surface area contributed by atoms with Crippen LogP contribution >= 0.6 is 0 Å². The van der Waals surface area contributed by atoms with Gasteiger partial charge in [-0.25, -0.2) is 0 Å². The highest BCUT2D eigenvalue weighted by atomic mass is 16.5. The number of anilines is 6. The SMILES string of the molecule is Cc1cc(C)c(B(c2ccc(-c3cc4c5cccc6c5c(cc4c4ccccc34)-c3ccc(-c4ccc(N(c5ccccc5)c5ccccc5)cc4)cc3O6)cc2)c2c(C)cc(C)cc2C)c(C)c1.c1ccc(B(c2ccccc2)c2ccc(-c3cc4c5cccc6c5c(cc4c4ccccc34)-c3ccc(-c4ccc(N(c5ccccc5)c5ccccc5)cc4)cc3O6)cc2)cc1. The number of nitrogens with zero attached hydrogens (tertiary/aromatic N) is 2. The van der Waals surface area contributed by atoms with Crippen LogP contribution in [0.25, 0.3) is 131 Å². The molecule has 0 N–H and O–H groups in total. The number of hydrogen-bond donors (Lipinski definition) is 0. The molecular weight excluding hydrogens is 1600 g/mol. The third kappa shape index (κ3) is 14.5. The Labute approximate surface area is 772 Å². The molecule has 624 valence electrons. The zero-order valence-corrected chi connectivity index (χ0v) is 74.6. The Kier molecular flexibility index (Phi) is 20.5. The summed E-state index contributed by atoms with van der Waals surface area (Å²) in [7, 11) is 0. The van der Waals surface area contributed by atoms with E-state index in [1.807, 2.05) is 0 Å². The summed E-state index contributed by atoms with van der Waals surface area (Å²) in [6, 6.07) is 163. The first-order valence-corrected chi connectivity index (χ1v) is 45.9. The Morgan fingerprint density at radius 2 is 0.447 bits per heavy atom. The van der Waals surface area contributed by atoms with Crippen molar-refractivity contribution >= 4 is 145 Å². The molecule has 0 saturated heterocycles. The van der Waals surface area contributed by atoms with Gasteiger partial charge in [0.2, 0.25) is 13.4 Å². The lowest BCUT2D eigenvalue weighted by Crippen LogP contribution is -2.55. The Morgan fingerprint density at radius 1 is 0.174 bits per heavy atom. The van der Waals surface area contributed by atoms with Crippen molar-refractivity contribution in [3.05, 3.63) is 482 Å². The molecule has 132 heavy (non-hydrogen) atoms. The predicted octanol–water partition coefficient (Wildman–Crippen LogP) is 30.3. The third-order valence-electron chi connectivity index (χ3n) is 27.3. The number of ether oxygens (including phenoxy) is 2. The summed E-state index contributed by atoms with van der Waals surface area (Å²) in [6.07, 6.45) is 0. The average Bonchev–Trinajstić information content (AvgIpc) is 0.716. The molecule has 4 nitrogen and oxygen atoms in total. The fourth-order valence-corrected chi connectivity index (χ4v) is 21.5. The van der Waals surface area contributed by atoms with E-state index in [-0.39, 0.29) is 13.4 Å². The summed E-state index contributed by atoms with van der Waals surface area (Å²) < 4.78 is 13.7. The standard InChI is InChI=1S/C66H52BNO.C60H40BNO/c1-41-34-43(3)65(44(4)35-41)67(66-45(5)36-42(2)37-46(66)6)50-29-24-48(25-30-50)58-39-60-57-22-15-23-62-64(57)61(40-59(60)55-21-14-13-20-54(55)58)56-33-28-49(38-63(56)69-62)47-26-31-53(32-27-47)68(51-16-9-7-10-17-51)52-18-11-8-12-19-52;1-5-16-44(17-6-1)61(45-18-7-2-8-19-45)46-33-28-42(29-34-46)54-39-56-53-26-15-27-58-60(53)57(40-55(56)51-25-14-13-24-50(51)54)52-37-32-43(38-59(52)63-58)41-30-35-49(36-31-41)62(47-20-9-3-10-21-47)48-22-11-4-12-23-48/h7-40H,1-6H3;1-40H. The smallest absolute Gasteiger partial charge is 0.242 e. The molecule has 2 aliphatic heterocycles. The molecule has 24 rings (SSSR count). The van der Waals surface area contributed by atoms with E-state index in [1.54, 1.807) is 0 Å². The van der Waals surface area contributed by atoms with Gasteiger partial charge in [0, 0.05) is 56.0 Å². The molecule has 0 aliphatic carbocycles. The Hall–Kier alpha value is -16.3. The first kappa shape index (κ1) is 80.3. The van der Waals surface area contributed by atoms with Gasteiger partial charge in [0.25, 0.3) is 0 Å². The average molecular weight is 1690 g/mol. The Balaban J connectivity index is 0.000000150. The van der Waals surface area contributed by atoms with E-state index < -0.39 is 0 Å². The second-order valence-corrected chi connectivity index (χ2v) is 35.6. The van der Waals surface area contributed by atoms with Crippen LogP contribution < -0.4 is 52.1 Å². The minimum Gasteiger partial charge on any atom is -0.456 e. The molecule has 2 heterocycles. The number of hydrogen-bond acceptors (Lipinski definition) is 4. The van der Waals surface area contributed by atoms with Gasteiger partial charge in [0.05, 0.1) is 0 Å². The summed E-state index contributed by atoms with van der Waals surface area (Å²) in [5.74, 6) is 3.52. The van der Waals surface area contributed by atoms with Crippen molar-refractivity contribution in [2.24, 2.45) is 0 Å². The van der Waals surface area contributed by atoms with E-state index in [1.165, 1.54) is 153 Å². The number of benzene rings is 22. The van der Waals surface area contributed by atoms with Crippen molar-refractivity contribution < 1.29 is 9.47 Å². The van der Waals surface area contributed by atoms with E-state index in [0.717, 1.165) is 101 Å². The van der Waals surface area contributed by atoms with Gasteiger partial charge >= 0.3 is 0 Å². The molecule has 0 amide bonds. The zero-order valence-electron chi connectivity index (χ0n) is 74.6. The molecule has 0 atom stereocenters. The van der Waals surface area contributed by atoms with Crippen LogP contribution in [0.1, 0.15) is 33.4 Å². The van der Waals surface area contributed by atoms with E-state index >= 15 is 0 Å². The molecular formula is C126H92B2N2O2. The molecule has 0 unspecified atom stereocenters. The normalized spacial score (nSPS) is 11.7. The Bertz CT molecular complexity index is 8000. The molecule has 22 aromatic rings. The van der Waals surface area contributed by atoms with Crippen LogP contribution in [0.15, 0.2) is 449 Å². The van der Waals surface area contributed by atoms with Crippen molar-refractivity contribution in [1.29, 1.82) is 0 Å². The van der Waals surface area contributed by atoms with Crippen LogP contribution in [0.4, 0.5) is 34.1 Å². The van der Waals surface area contributed by atoms with E-state index in [2.05, 4.69) is 500 Å². The lowest BCUT2D eigenvalue weighted by Gasteiger charge is -2.26. The van der Waals surface area contributed by atoms with Gasteiger partial charge in [0.1, 0.15) is 23.0 Å². The second-order valence-electron chi connectivity index (χ2n) is 35.6. The maximum Gasteiger partial charge on any atom is 0.242 e. The number of fused-ring (bicyclic) bond motifs is 12. The molecule has 6 heteroatoms. The lowest BCUT2D eigenvalue weighted by molar-refractivity contribution is 0.487. The highest BCUT2D eigenvalue weighted by Gasteiger charge is 2.32. The van der Waals surface area contributed by atoms with Gasteiger partial charge in [-0.1, -0.05) is 382 Å². The van der Waals surface area contributed by atoms with Crippen LogP contribution in [0.5, 0.6) is 23.0 Å². The van der Waals surface area contributed by atoms with Gasteiger partial charge in [-0.05, 0) is 284 Å². The van der Waals surface area contributed by atoms with Gasteiger partial charge in [-0.3, -0.25) is 0 Å². The summed E-state index contributed by atoms with van der Waals surface area (Å²) in [6.45, 7) is 13.8. The van der Waals surface area contributed by atoms with Crippen molar-refractivity contribution in [2.75, 3.05) is 9.80 Å². The summed E-state index contributed by atoms with van der Waals surface area (Å²) in [5.41, 5.74) is 36.6. The Morgan fingerprint density at radius 3 is 0.803 bits per heavy atom. The maximum atomic E-state index is 6.89. The van der Waals surface area contributed by atoms with Crippen molar-refractivity contribution in [3.63, 3.8) is 0 Å². The molecule has 0 aromatic heterocycles. The summed E-state index contributed by atoms with van der Waals surface area (Å²) in [4.78, 5) is 4.58. The fourth-order valence-electron chi connectivity index (χ4n) is 21.5. The minimum atomic E-state index is 0.121. The quantitative estimate of drug-likeness (QED) is 0.0711. The van der Waals surface area contributed by atoms with Crippen LogP contribution in [-0.4, -0.2) is 13.4 Å².